The van der Waals surface area contributed by atoms with Gasteiger partial charge in [-0.1, -0.05) is 28.1 Å². The maximum absolute atomic E-state index is 12.7. The Bertz CT molecular complexity index is 781. The standard InChI is InChI=1S/C18H22BrN3O2/c1-10(2)22-11(3)8-15(12(22)4)18(24)21-16(17(20)23)13-6-5-7-14(19)9-13/h5-10,16H,1-4H3,(H2,20,23)(H,21,24)/t16-/m0/s1. The molecule has 0 aliphatic rings. The lowest BCUT2D eigenvalue weighted by molar-refractivity contribution is -0.120. The number of benzene rings is 1. The predicted molar refractivity (Wildman–Crippen MR) is 97.8 cm³/mol. The SMILES string of the molecule is Cc1cc(C(=O)N[C@H](C(N)=O)c2cccc(Br)c2)c(C)n1C(C)C. The van der Waals surface area contributed by atoms with Gasteiger partial charge in [0.15, 0.2) is 0 Å². The molecule has 0 spiro atoms. The van der Waals surface area contributed by atoms with Crippen molar-refractivity contribution in [2.75, 3.05) is 0 Å². The summed E-state index contributed by atoms with van der Waals surface area (Å²) in [7, 11) is 0. The average molecular weight is 392 g/mol. The number of hydrogen-bond donors (Lipinski definition) is 2. The Balaban J connectivity index is 2.33. The van der Waals surface area contributed by atoms with Crippen LogP contribution in [0.5, 0.6) is 0 Å². The first-order chi connectivity index (χ1) is 11.2. The van der Waals surface area contributed by atoms with Crippen molar-refractivity contribution in [3.05, 3.63) is 57.3 Å². The largest absolute Gasteiger partial charge is 0.368 e. The highest BCUT2D eigenvalue weighted by molar-refractivity contribution is 9.10. The quantitative estimate of drug-likeness (QED) is 0.818. The first-order valence-corrected chi connectivity index (χ1v) is 8.55. The summed E-state index contributed by atoms with van der Waals surface area (Å²) in [5.41, 5.74) is 8.57. The number of nitrogens with two attached hydrogens (primary N) is 1. The molecule has 0 aliphatic carbocycles. The zero-order valence-electron chi connectivity index (χ0n) is 14.3. The number of aryl methyl sites for hydroxylation is 1. The van der Waals surface area contributed by atoms with Crippen LogP contribution in [0.1, 0.15) is 53.2 Å². The molecule has 0 saturated heterocycles. The smallest absolute Gasteiger partial charge is 0.254 e. The molecule has 0 unspecified atom stereocenters. The Morgan fingerprint density at radius 1 is 1.21 bits per heavy atom. The topological polar surface area (TPSA) is 77.1 Å². The van der Waals surface area contributed by atoms with Gasteiger partial charge in [0.05, 0.1) is 5.56 Å². The molecular weight excluding hydrogens is 370 g/mol. The Morgan fingerprint density at radius 2 is 1.88 bits per heavy atom. The van der Waals surface area contributed by atoms with E-state index in [1.54, 1.807) is 18.2 Å². The highest BCUT2D eigenvalue weighted by Gasteiger charge is 2.24. The minimum atomic E-state index is -0.878. The lowest BCUT2D eigenvalue weighted by atomic mass is 10.1. The molecule has 0 bridgehead atoms. The number of carbonyl (C=O) groups excluding carboxylic acids is 2. The number of amides is 2. The van der Waals surface area contributed by atoms with Crippen LogP contribution in [0.15, 0.2) is 34.8 Å². The highest BCUT2D eigenvalue weighted by Crippen LogP contribution is 2.22. The first-order valence-electron chi connectivity index (χ1n) is 7.76. The van der Waals surface area contributed by atoms with Crippen LogP contribution in [0.2, 0.25) is 0 Å². The van der Waals surface area contributed by atoms with Gasteiger partial charge in [0.2, 0.25) is 5.91 Å². The third kappa shape index (κ3) is 3.70. The summed E-state index contributed by atoms with van der Waals surface area (Å²) >= 11 is 3.36. The Kier molecular flexibility index (Phi) is 5.49. The normalized spacial score (nSPS) is 12.2. The van der Waals surface area contributed by atoms with E-state index in [-0.39, 0.29) is 11.9 Å². The summed E-state index contributed by atoms with van der Waals surface area (Å²) < 4.78 is 2.91. The molecule has 2 rings (SSSR count). The molecule has 24 heavy (non-hydrogen) atoms. The van der Waals surface area contributed by atoms with Gasteiger partial charge in [0.1, 0.15) is 6.04 Å². The molecule has 1 aromatic heterocycles. The third-order valence-electron chi connectivity index (χ3n) is 3.99. The van der Waals surface area contributed by atoms with E-state index in [0.29, 0.717) is 11.1 Å². The number of rotatable bonds is 5. The Hall–Kier alpha value is -2.08. The third-order valence-corrected chi connectivity index (χ3v) is 4.48. The van der Waals surface area contributed by atoms with Crippen molar-refractivity contribution in [1.82, 2.24) is 9.88 Å². The van der Waals surface area contributed by atoms with Crippen LogP contribution >= 0.6 is 15.9 Å². The summed E-state index contributed by atoms with van der Waals surface area (Å²) in [6, 6.07) is 8.39. The second-order valence-corrected chi connectivity index (χ2v) is 7.03. The van der Waals surface area contributed by atoms with E-state index >= 15 is 0 Å². The Labute approximate surface area is 150 Å². The van der Waals surface area contributed by atoms with E-state index in [4.69, 9.17) is 5.73 Å². The van der Waals surface area contributed by atoms with E-state index in [9.17, 15) is 9.59 Å². The van der Waals surface area contributed by atoms with Crippen molar-refractivity contribution in [3.8, 4) is 0 Å². The van der Waals surface area contributed by atoms with Crippen molar-refractivity contribution in [3.63, 3.8) is 0 Å². The van der Waals surface area contributed by atoms with E-state index in [0.717, 1.165) is 15.9 Å². The van der Waals surface area contributed by atoms with Gasteiger partial charge >= 0.3 is 0 Å². The van der Waals surface area contributed by atoms with Crippen molar-refractivity contribution < 1.29 is 9.59 Å². The van der Waals surface area contributed by atoms with Gasteiger partial charge in [-0.3, -0.25) is 9.59 Å². The van der Waals surface area contributed by atoms with Crippen LogP contribution in [0.3, 0.4) is 0 Å². The lowest BCUT2D eigenvalue weighted by Crippen LogP contribution is -2.37. The maximum atomic E-state index is 12.7. The van der Waals surface area contributed by atoms with Crippen molar-refractivity contribution >= 4 is 27.7 Å². The minimum Gasteiger partial charge on any atom is -0.368 e. The predicted octanol–water partition coefficient (Wildman–Crippen LogP) is 3.40. The maximum Gasteiger partial charge on any atom is 0.254 e. The molecule has 0 saturated carbocycles. The molecule has 0 radical (unpaired) electrons. The fourth-order valence-electron chi connectivity index (χ4n) is 3.02. The Morgan fingerprint density at radius 3 is 2.38 bits per heavy atom. The molecule has 3 N–H and O–H groups in total. The second-order valence-electron chi connectivity index (χ2n) is 6.11. The monoisotopic (exact) mass is 391 g/mol. The molecule has 128 valence electrons. The highest BCUT2D eigenvalue weighted by atomic mass is 79.9. The molecule has 1 heterocycles. The zero-order valence-corrected chi connectivity index (χ0v) is 15.8. The number of hydrogen-bond acceptors (Lipinski definition) is 2. The molecule has 2 amide bonds. The molecule has 5 nitrogen and oxygen atoms in total. The fraction of sp³-hybridized carbons (Fsp3) is 0.333. The van der Waals surface area contributed by atoms with Crippen molar-refractivity contribution in [2.45, 2.75) is 39.8 Å². The number of primary amides is 1. The number of nitrogens with zero attached hydrogens (tertiary/aromatic N) is 1. The van der Waals surface area contributed by atoms with Crippen LogP contribution in [0.25, 0.3) is 0 Å². The van der Waals surface area contributed by atoms with E-state index in [1.165, 1.54) is 0 Å². The molecule has 2 aromatic rings. The van der Waals surface area contributed by atoms with Crippen molar-refractivity contribution in [1.29, 1.82) is 0 Å². The van der Waals surface area contributed by atoms with E-state index < -0.39 is 11.9 Å². The van der Waals surface area contributed by atoms with Crippen molar-refractivity contribution in [2.24, 2.45) is 5.73 Å². The summed E-state index contributed by atoms with van der Waals surface area (Å²) in [6.07, 6.45) is 0. The summed E-state index contributed by atoms with van der Waals surface area (Å²) in [6.45, 7) is 7.99. The molecule has 1 aromatic carbocycles. The van der Waals surface area contributed by atoms with Crippen LogP contribution < -0.4 is 11.1 Å². The second kappa shape index (κ2) is 7.21. The van der Waals surface area contributed by atoms with Gasteiger partial charge in [-0.25, -0.2) is 0 Å². The van der Waals surface area contributed by atoms with E-state index in [1.807, 2.05) is 26.0 Å². The lowest BCUT2D eigenvalue weighted by Gasteiger charge is -2.17. The van der Waals surface area contributed by atoms with E-state index in [2.05, 4.69) is 39.7 Å². The average Bonchev–Trinajstić information content (AvgIpc) is 2.79. The number of aromatic nitrogens is 1. The van der Waals surface area contributed by atoms with Gasteiger partial charge in [0, 0.05) is 21.9 Å². The number of halogens is 1. The van der Waals surface area contributed by atoms with Crippen LogP contribution in [-0.2, 0) is 4.79 Å². The molecular formula is C18H22BrN3O2. The summed E-state index contributed by atoms with van der Waals surface area (Å²) in [5, 5.41) is 2.75. The van der Waals surface area contributed by atoms with Crippen LogP contribution in [-0.4, -0.2) is 16.4 Å². The first kappa shape index (κ1) is 18.3. The fourth-order valence-corrected chi connectivity index (χ4v) is 3.43. The summed E-state index contributed by atoms with van der Waals surface area (Å²) in [4.78, 5) is 24.5. The zero-order chi connectivity index (χ0) is 18.0. The van der Waals surface area contributed by atoms with Crippen LogP contribution in [0.4, 0.5) is 0 Å². The van der Waals surface area contributed by atoms with Gasteiger partial charge in [-0.2, -0.15) is 0 Å². The number of nitrogens with one attached hydrogen (secondary N) is 1. The molecule has 0 fully saturated rings. The van der Waals surface area contributed by atoms with Gasteiger partial charge in [0.25, 0.3) is 5.91 Å². The van der Waals surface area contributed by atoms with Gasteiger partial charge < -0.3 is 15.6 Å². The number of carbonyl (C=O) groups is 2. The molecule has 0 aliphatic heterocycles. The minimum absolute atomic E-state index is 0.253. The van der Waals surface area contributed by atoms with Gasteiger partial charge in [-0.15, -0.1) is 0 Å². The summed E-state index contributed by atoms with van der Waals surface area (Å²) in [5.74, 6) is -0.905. The molecule has 1 atom stereocenters. The van der Waals surface area contributed by atoms with Crippen LogP contribution in [0, 0.1) is 13.8 Å². The molecule has 6 heteroatoms. The van der Waals surface area contributed by atoms with Gasteiger partial charge in [-0.05, 0) is 51.5 Å².